The Labute approximate surface area is 99.8 Å². The molecular weight excluding hydrogens is 220 g/mol. The minimum Gasteiger partial charge on any atom is -0.477 e. The van der Waals surface area contributed by atoms with E-state index in [-0.39, 0.29) is 5.69 Å². The molecule has 0 aromatic carbocycles. The molecule has 0 amide bonds. The van der Waals surface area contributed by atoms with Crippen molar-refractivity contribution in [3.05, 3.63) is 24.0 Å². The zero-order chi connectivity index (χ0) is 12.1. The van der Waals surface area contributed by atoms with Gasteiger partial charge in [-0.3, -0.25) is 0 Å². The van der Waals surface area contributed by atoms with E-state index >= 15 is 0 Å². The second kappa shape index (κ2) is 5.63. The third-order valence-corrected chi connectivity index (χ3v) is 2.91. The molecule has 2 rings (SSSR count). The lowest BCUT2D eigenvalue weighted by Gasteiger charge is -2.22. The van der Waals surface area contributed by atoms with Crippen LogP contribution in [-0.4, -0.2) is 35.8 Å². The predicted octanol–water partition coefficient (Wildman–Crippen LogP) is 1.62. The topological polar surface area (TPSA) is 71.5 Å². The largest absolute Gasteiger partial charge is 0.477 e. The number of pyridine rings is 1. The number of hydrogen-bond acceptors (Lipinski definition) is 4. The summed E-state index contributed by atoms with van der Waals surface area (Å²) in [4.78, 5) is 14.5. The molecule has 1 aromatic heterocycles. The Morgan fingerprint density at radius 2 is 2.29 bits per heavy atom. The average Bonchev–Trinajstić information content (AvgIpc) is 2.38. The minimum absolute atomic E-state index is 0.0713. The van der Waals surface area contributed by atoms with E-state index in [0.29, 0.717) is 5.92 Å². The van der Waals surface area contributed by atoms with Crippen LogP contribution in [0, 0.1) is 5.92 Å². The number of aromatic nitrogens is 1. The molecule has 1 aromatic rings. The van der Waals surface area contributed by atoms with Gasteiger partial charge in [0.25, 0.3) is 0 Å². The summed E-state index contributed by atoms with van der Waals surface area (Å²) >= 11 is 0. The Balaban J connectivity index is 1.89. The van der Waals surface area contributed by atoms with E-state index in [1.165, 1.54) is 6.20 Å². The number of carboxylic acids is 1. The van der Waals surface area contributed by atoms with Gasteiger partial charge in [-0.15, -0.1) is 0 Å². The SMILES string of the molecule is O=C(O)c1cc(NCC2CCOCC2)ccn1. The summed E-state index contributed by atoms with van der Waals surface area (Å²) < 4.78 is 5.29. The zero-order valence-electron chi connectivity index (χ0n) is 9.56. The van der Waals surface area contributed by atoms with Gasteiger partial charge in [0.15, 0.2) is 0 Å². The molecule has 1 aliphatic rings. The van der Waals surface area contributed by atoms with Crippen molar-refractivity contribution in [3.63, 3.8) is 0 Å². The fourth-order valence-electron chi connectivity index (χ4n) is 1.87. The summed E-state index contributed by atoms with van der Waals surface area (Å²) in [7, 11) is 0. The molecule has 1 aliphatic heterocycles. The van der Waals surface area contributed by atoms with E-state index < -0.39 is 5.97 Å². The molecule has 17 heavy (non-hydrogen) atoms. The van der Waals surface area contributed by atoms with Gasteiger partial charge < -0.3 is 15.2 Å². The summed E-state index contributed by atoms with van der Waals surface area (Å²) in [5, 5.41) is 12.1. The second-order valence-corrected chi connectivity index (χ2v) is 4.17. The highest BCUT2D eigenvalue weighted by molar-refractivity contribution is 5.86. The van der Waals surface area contributed by atoms with Crippen molar-refractivity contribution >= 4 is 11.7 Å². The fraction of sp³-hybridized carbons (Fsp3) is 0.500. The van der Waals surface area contributed by atoms with Crippen LogP contribution in [0.4, 0.5) is 5.69 Å². The number of nitrogens with zero attached hydrogens (tertiary/aromatic N) is 1. The predicted molar refractivity (Wildman–Crippen MR) is 63.2 cm³/mol. The number of anilines is 1. The molecule has 2 N–H and O–H groups in total. The number of ether oxygens (including phenoxy) is 1. The Bertz CT molecular complexity index is 389. The van der Waals surface area contributed by atoms with E-state index in [0.717, 1.165) is 38.3 Å². The standard InChI is InChI=1S/C12H16N2O3/c15-12(16)11-7-10(1-4-13-11)14-8-9-2-5-17-6-3-9/h1,4,7,9H,2-3,5-6,8H2,(H,13,14)(H,15,16). The molecular formula is C12H16N2O3. The molecule has 2 heterocycles. The Morgan fingerprint density at radius 3 is 3.00 bits per heavy atom. The van der Waals surface area contributed by atoms with Crippen LogP contribution in [0.5, 0.6) is 0 Å². The molecule has 0 unspecified atom stereocenters. The van der Waals surface area contributed by atoms with Gasteiger partial charge in [0.05, 0.1) is 0 Å². The number of carboxylic acid groups (broad SMARTS) is 1. The van der Waals surface area contributed by atoms with Crippen LogP contribution in [0.1, 0.15) is 23.3 Å². The van der Waals surface area contributed by atoms with E-state index in [4.69, 9.17) is 9.84 Å². The molecule has 1 fully saturated rings. The second-order valence-electron chi connectivity index (χ2n) is 4.17. The van der Waals surface area contributed by atoms with Gasteiger partial charge in [-0.25, -0.2) is 9.78 Å². The maximum atomic E-state index is 10.8. The van der Waals surface area contributed by atoms with Crippen LogP contribution in [-0.2, 0) is 4.74 Å². The van der Waals surface area contributed by atoms with Gasteiger partial charge >= 0.3 is 5.97 Å². The molecule has 0 bridgehead atoms. The molecule has 5 heteroatoms. The van der Waals surface area contributed by atoms with Gasteiger partial charge in [-0.1, -0.05) is 0 Å². The minimum atomic E-state index is -1.00. The van der Waals surface area contributed by atoms with E-state index in [1.54, 1.807) is 12.1 Å². The summed E-state index contributed by atoms with van der Waals surface area (Å²) in [6, 6.07) is 3.34. The zero-order valence-corrected chi connectivity index (χ0v) is 9.56. The number of rotatable bonds is 4. The quantitative estimate of drug-likeness (QED) is 0.831. The van der Waals surface area contributed by atoms with Crippen LogP contribution < -0.4 is 5.32 Å². The molecule has 0 atom stereocenters. The lowest BCUT2D eigenvalue weighted by molar-refractivity contribution is 0.0690. The van der Waals surface area contributed by atoms with E-state index in [9.17, 15) is 4.79 Å². The highest BCUT2D eigenvalue weighted by Gasteiger charge is 2.13. The lowest BCUT2D eigenvalue weighted by atomic mass is 10.0. The maximum Gasteiger partial charge on any atom is 0.354 e. The van der Waals surface area contributed by atoms with Crippen LogP contribution in [0.3, 0.4) is 0 Å². The summed E-state index contributed by atoms with van der Waals surface area (Å²) in [6.07, 6.45) is 3.63. The highest BCUT2D eigenvalue weighted by atomic mass is 16.5. The van der Waals surface area contributed by atoms with Crippen LogP contribution in [0.2, 0.25) is 0 Å². The Kier molecular flexibility index (Phi) is 3.93. The highest BCUT2D eigenvalue weighted by Crippen LogP contribution is 2.16. The molecule has 5 nitrogen and oxygen atoms in total. The third-order valence-electron chi connectivity index (χ3n) is 2.91. The Hall–Kier alpha value is -1.62. The van der Waals surface area contributed by atoms with Crippen LogP contribution >= 0.6 is 0 Å². The summed E-state index contributed by atoms with van der Waals surface area (Å²) in [6.45, 7) is 2.50. The fourth-order valence-corrected chi connectivity index (χ4v) is 1.87. The Morgan fingerprint density at radius 1 is 1.53 bits per heavy atom. The maximum absolute atomic E-state index is 10.8. The monoisotopic (exact) mass is 236 g/mol. The van der Waals surface area contributed by atoms with Gasteiger partial charge in [-0.2, -0.15) is 0 Å². The van der Waals surface area contributed by atoms with Crippen molar-refractivity contribution in [1.82, 2.24) is 4.98 Å². The van der Waals surface area contributed by atoms with Gasteiger partial charge in [0.2, 0.25) is 0 Å². The number of carbonyl (C=O) groups is 1. The van der Waals surface area contributed by atoms with Crippen molar-refractivity contribution in [1.29, 1.82) is 0 Å². The molecule has 1 saturated heterocycles. The number of hydrogen-bond donors (Lipinski definition) is 2. The number of nitrogens with one attached hydrogen (secondary N) is 1. The van der Waals surface area contributed by atoms with Gasteiger partial charge in [-0.05, 0) is 30.9 Å². The number of aromatic carboxylic acids is 1. The van der Waals surface area contributed by atoms with E-state index in [2.05, 4.69) is 10.3 Å². The third kappa shape index (κ3) is 3.42. The molecule has 0 spiro atoms. The van der Waals surface area contributed by atoms with Crippen molar-refractivity contribution in [2.75, 3.05) is 25.1 Å². The first kappa shape index (κ1) is 11.9. The molecule has 92 valence electrons. The van der Waals surface area contributed by atoms with Crippen molar-refractivity contribution in [2.24, 2.45) is 5.92 Å². The van der Waals surface area contributed by atoms with Crippen LogP contribution in [0.15, 0.2) is 18.3 Å². The first-order valence-corrected chi connectivity index (χ1v) is 5.76. The van der Waals surface area contributed by atoms with E-state index in [1.807, 2.05) is 0 Å². The van der Waals surface area contributed by atoms with Gasteiger partial charge in [0, 0.05) is 31.6 Å². The van der Waals surface area contributed by atoms with Crippen molar-refractivity contribution in [2.45, 2.75) is 12.8 Å². The van der Waals surface area contributed by atoms with Crippen molar-refractivity contribution in [3.8, 4) is 0 Å². The average molecular weight is 236 g/mol. The summed E-state index contributed by atoms with van der Waals surface area (Å²) in [5.74, 6) is -0.398. The molecule has 0 radical (unpaired) electrons. The molecule has 0 aliphatic carbocycles. The van der Waals surface area contributed by atoms with Crippen molar-refractivity contribution < 1.29 is 14.6 Å². The first-order valence-electron chi connectivity index (χ1n) is 5.76. The lowest BCUT2D eigenvalue weighted by Crippen LogP contribution is -2.22. The smallest absolute Gasteiger partial charge is 0.354 e. The molecule has 0 saturated carbocycles. The summed E-state index contributed by atoms with van der Waals surface area (Å²) in [5.41, 5.74) is 0.880. The van der Waals surface area contributed by atoms with Crippen LogP contribution in [0.25, 0.3) is 0 Å². The van der Waals surface area contributed by atoms with Gasteiger partial charge in [0.1, 0.15) is 5.69 Å². The first-order chi connectivity index (χ1) is 8.25. The normalized spacial score (nSPS) is 16.7.